The third-order valence-corrected chi connectivity index (χ3v) is 5.44. The van der Waals surface area contributed by atoms with Crippen LogP contribution < -0.4 is 0 Å². The second-order valence-corrected chi connectivity index (χ2v) is 7.39. The van der Waals surface area contributed by atoms with Crippen LogP contribution in [0.5, 0.6) is 0 Å². The van der Waals surface area contributed by atoms with Gasteiger partial charge >= 0.3 is 0 Å². The van der Waals surface area contributed by atoms with Gasteiger partial charge in [0.05, 0.1) is 6.61 Å². The summed E-state index contributed by atoms with van der Waals surface area (Å²) >= 11 is 0. The molecule has 0 aliphatic carbocycles. The lowest BCUT2D eigenvalue weighted by atomic mass is 9.94. The molecule has 0 bridgehead atoms. The number of amides is 1. The summed E-state index contributed by atoms with van der Waals surface area (Å²) in [5.74, 6) is 1.63. The van der Waals surface area contributed by atoms with Crippen LogP contribution in [0.1, 0.15) is 57.3 Å². The smallest absolute Gasteiger partial charge is 0.249 e. The first-order chi connectivity index (χ1) is 12.1. The van der Waals surface area contributed by atoms with E-state index in [0.29, 0.717) is 30.8 Å². The fraction of sp³-hybridized carbons (Fsp3) is 0.833. The van der Waals surface area contributed by atoms with E-state index in [1.54, 1.807) is 7.11 Å². The molecule has 0 saturated carbocycles. The fourth-order valence-corrected chi connectivity index (χ4v) is 3.88. The Bertz CT molecular complexity index is 566. The highest BCUT2D eigenvalue weighted by molar-refractivity contribution is 5.79. The largest absolute Gasteiger partial charge is 0.384 e. The highest BCUT2D eigenvalue weighted by atomic mass is 16.5. The van der Waals surface area contributed by atoms with Gasteiger partial charge in [-0.25, -0.2) is 0 Å². The standard InChI is InChI=1S/C18H30N4O3/c1-13(2)21-10-6-14(7-11-21)18(23)22-9-4-5-15(22)17-19-16(20-25-17)8-12-24-3/h13-15H,4-12H2,1-3H3/t15-/m0/s1. The molecular weight excluding hydrogens is 320 g/mol. The molecule has 0 unspecified atom stereocenters. The summed E-state index contributed by atoms with van der Waals surface area (Å²) in [6.45, 7) is 7.82. The minimum Gasteiger partial charge on any atom is -0.384 e. The highest BCUT2D eigenvalue weighted by Crippen LogP contribution is 2.34. The molecule has 0 radical (unpaired) electrons. The zero-order valence-electron chi connectivity index (χ0n) is 15.6. The van der Waals surface area contributed by atoms with Gasteiger partial charge in [-0.3, -0.25) is 4.79 Å². The molecular formula is C18H30N4O3. The van der Waals surface area contributed by atoms with Gasteiger partial charge in [0.2, 0.25) is 11.8 Å². The number of nitrogens with zero attached hydrogens (tertiary/aromatic N) is 4. The topological polar surface area (TPSA) is 71.7 Å². The summed E-state index contributed by atoms with van der Waals surface area (Å²) < 4.78 is 10.5. The molecule has 1 atom stereocenters. The molecule has 2 fully saturated rings. The average Bonchev–Trinajstić information content (AvgIpc) is 3.28. The van der Waals surface area contributed by atoms with Gasteiger partial charge in [-0.15, -0.1) is 0 Å². The van der Waals surface area contributed by atoms with Gasteiger partial charge in [-0.05, 0) is 52.6 Å². The number of piperidine rings is 1. The van der Waals surface area contributed by atoms with Crippen LogP contribution in [0.4, 0.5) is 0 Å². The lowest BCUT2D eigenvalue weighted by Gasteiger charge is -2.36. The maximum absolute atomic E-state index is 13.0. The number of rotatable bonds is 6. The zero-order valence-corrected chi connectivity index (χ0v) is 15.6. The summed E-state index contributed by atoms with van der Waals surface area (Å²) in [6, 6.07) is 0.499. The first-order valence-corrected chi connectivity index (χ1v) is 9.46. The van der Waals surface area contributed by atoms with Crippen molar-refractivity contribution in [1.82, 2.24) is 19.9 Å². The Morgan fingerprint density at radius 1 is 1.28 bits per heavy atom. The molecule has 1 aromatic heterocycles. The van der Waals surface area contributed by atoms with Crippen LogP contribution >= 0.6 is 0 Å². The number of likely N-dealkylation sites (tertiary alicyclic amines) is 2. The van der Waals surface area contributed by atoms with Gasteiger partial charge in [0.25, 0.3) is 0 Å². The SMILES string of the molecule is COCCc1noc([C@@H]2CCCN2C(=O)C2CCN(C(C)C)CC2)n1. The Morgan fingerprint density at radius 3 is 2.72 bits per heavy atom. The molecule has 3 rings (SSSR count). The van der Waals surface area contributed by atoms with E-state index in [1.807, 2.05) is 4.90 Å². The van der Waals surface area contributed by atoms with Crippen LogP contribution in [-0.2, 0) is 16.0 Å². The summed E-state index contributed by atoms with van der Waals surface area (Å²) in [4.78, 5) is 21.9. The predicted molar refractivity (Wildman–Crippen MR) is 93.0 cm³/mol. The summed E-state index contributed by atoms with van der Waals surface area (Å²) in [7, 11) is 1.66. The van der Waals surface area contributed by atoms with Gasteiger partial charge in [-0.1, -0.05) is 5.16 Å². The number of aromatic nitrogens is 2. The first kappa shape index (κ1) is 18.3. The average molecular weight is 350 g/mol. The van der Waals surface area contributed by atoms with Gasteiger partial charge in [0.1, 0.15) is 6.04 Å². The Hall–Kier alpha value is -1.47. The van der Waals surface area contributed by atoms with Crippen molar-refractivity contribution in [3.05, 3.63) is 11.7 Å². The minimum absolute atomic E-state index is 0.0561. The maximum atomic E-state index is 13.0. The zero-order chi connectivity index (χ0) is 17.8. The minimum atomic E-state index is -0.0561. The normalized spacial score (nSPS) is 22.9. The molecule has 25 heavy (non-hydrogen) atoms. The van der Waals surface area contributed by atoms with Crippen molar-refractivity contribution in [2.24, 2.45) is 5.92 Å². The highest BCUT2D eigenvalue weighted by Gasteiger charge is 2.38. The quantitative estimate of drug-likeness (QED) is 0.782. The van der Waals surface area contributed by atoms with Gasteiger partial charge in [0.15, 0.2) is 5.82 Å². The number of methoxy groups -OCH3 is 1. The molecule has 7 nitrogen and oxygen atoms in total. The van der Waals surface area contributed by atoms with Gasteiger partial charge in [0, 0.05) is 32.0 Å². The number of carbonyl (C=O) groups excluding carboxylic acids is 1. The molecule has 2 aliphatic rings. The summed E-state index contributed by atoms with van der Waals surface area (Å²) in [6.07, 6.45) is 4.43. The van der Waals surface area contributed by atoms with Crippen molar-refractivity contribution >= 4 is 5.91 Å². The molecule has 1 amide bonds. The van der Waals surface area contributed by atoms with Crippen molar-refractivity contribution in [1.29, 1.82) is 0 Å². The van der Waals surface area contributed by atoms with E-state index in [1.165, 1.54) is 0 Å². The molecule has 140 valence electrons. The Labute approximate surface area is 149 Å². The van der Waals surface area contributed by atoms with Crippen LogP contribution in [0, 0.1) is 5.92 Å². The molecule has 1 aromatic rings. The third kappa shape index (κ3) is 4.20. The second-order valence-electron chi connectivity index (χ2n) is 7.39. The van der Waals surface area contributed by atoms with Crippen molar-refractivity contribution in [2.75, 3.05) is 33.4 Å². The lowest BCUT2D eigenvalue weighted by molar-refractivity contribution is -0.138. The van der Waals surface area contributed by atoms with E-state index in [4.69, 9.17) is 9.26 Å². The third-order valence-electron chi connectivity index (χ3n) is 5.44. The number of carbonyl (C=O) groups is 1. The van der Waals surface area contributed by atoms with E-state index in [0.717, 1.165) is 45.3 Å². The van der Waals surface area contributed by atoms with E-state index in [9.17, 15) is 4.79 Å². The molecule has 2 aliphatic heterocycles. The van der Waals surface area contributed by atoms with E-state index in [2.05, 4.69) is 28.9 Å². The van der Waals surface area contributed by atoms with E-state index < -0.39 is 0 Å². The summed E-state index contributed by atoms with van der Waals surface area (Å²) in [5, 5.41) is 4.02. The van der Waals surface area contributed by atoms with Crippen LogP contribution in [0.25, 0.3) is 0 Å². The number of ether oxygens (including phenoxy) is 1. The molecule has 0 N–H and O–H groups in total. The maximum Gasteiger partial charge on any atom is 0.249 e. The van der Waals surface area contributed by atoms with Crippen LogP contribution in [0.2, 0.25) is 0 Å². The van der Waals surface area contributed by atoms with Gasteiger partial charge < -0.3 is 19.1 Å². The van der Waals surface area contributed by atoms with Crippen LogP contribution in [0.3, 0.4) is 0 Å². The number of hydrogen-bond donors (Lipinski definition) is 0. The van der Waals surface area contributed by atoms with Crippen LogP contribution in [0.15, 0.2) is 4.52 Å². The van der Waals surface area contributed by atoms with Crippen molar-refractivity contribution in [2.45, 2.75) is 58.0 Å². The molecule has 2 saturated heterocycles. The molecule has 3 heterocycles. The first-order valence-electron chi connectivity index (χ1n) is 9.46. The molecule has 7 heteroatoms. The van der Waals surface area contributed by atoms with E-state index in [-0.39, 0.29) is 17.9 Å². The van der Waals surface area contributed by atoms with E-state index >= 15 is 0 Å². The Kier molecular flexibility index (Phi) is 6.06. The van der Waals surface area contributed by atoms with Crippen LogP contribution in [-0.4, -0.2) is 65.2 Å². The molecule has 0 spiro atoms. The lowest BCUT2D eigenvalue weighted by Crippen LogP contribution is -2.44. The van der Waals surface area contributed by atoms with Gasteiger partial charge in [-0.2, -0.15) is 4.98 Å². The van der Waals surface area contributed by atoms with Crippen molar-refractivity contribution in [3.8, 4) is 0 Å². The number of hydrogen-bond acceptors (Lipinski definition) is 6. The predicted octanol–water partition coefficient (Wildman–Crippen LogP) is 2.04. The summed E-state index contributed by atoms with van der Waals surface area (Å²) in [5.41, 5.74) is 0. The fourth-order valence-electron chi connectivity index (χ4n) is 3.88. The second kappa shape index (κ2) is 8.27. The Morgan fingerprint density at radius 2 is 2.04 bits per heavy atom. The molecule has 0 aromatic carbocycles. The monoisotopic (exact) mass is 350 g/mol. The Balaban J connectivity index is 1.61. The van der Waals surface area contributed by atoms with Crippen molar-refractivity contribution < 1.29 is 14.1 Å². The van der Waals surface area contributed by atoms with Crippen molar-refractivity contribution in [3.63, 3.8) is 0 Å².